The number of hydrogen-bond donors (Lipinski definition) is 0. The maximum atomic E-state index is 11.6. The van der Waals surface area contributed by atoms with Gasteiger partial charge in [-0.25, -0.2) is 0 Å². The minimum Gasteiger partial charge on any atom is -0.455 e. The molecule has 1 spiro atoms. The molecule has 2 fully saturated rings. The van der Waals surface area contributed by atoms with Crippen LogP contribution in [0.3, 0.4) is 0 Å². The number of carbonyl (C=O) groups excluding carboxylic acids is 3. The Morgan fingerprint density at radius 3 is 2.14 bits per heavy atom. The maximum Gasteiger partial charge on any atom is 0.305 e. The molecule has 1 aliphatic heterocycles. The van der Waals surface area contributed by atoms with E-state index in [0.29, 0.717) is 19.4 Å². The van der Waals surface area contributed by atoms with Gasteiger partial charge in [-0.05, 0) is 5.56 Å². The van der Waals surface area contributed by atoms with Crippen LogP contribution in [0.15, 0.2) is 30.3 Å². The van der Waals surface area contributed by atoms with Gasteiger partial charge in [0.05, 0.1) is 12.7 Å². The van der Waals surface area contributed by atoms with Crippen molar-refractivity contribution in [2.45, 2.75) is 70.4 Å². The van der Waals surface area contributed by atoms with Gasteiger partial charge in [-0.15, -0.1) is 0 Å². The van der Waals surface area contributed by atoms with Crippen LogP contribution in [0.4, 0.5) is 0 Å². The van der Waals surface area contributed by atoms with E-state index in [0.717, 1.165) is 5.56 Å². The molecular formula is C20H24O8. The molecular weight excluding hydrogens is 368 g/mol. The van der Waals surface area contributed by atoms with E-state index in [1.54, 1.807) is 0 Å². The second kappa shape index (κ2) is 8.28. The van der Waals surface area contributed by atoms with E-state index in [4.69, 9.17) is 23.7 Å². The van der Waals surface area contributed by atoms with Crippen molar-refractivity contribution in [2.75, 3.05) is 0 Å². The molecule has 0 amide bonds. The normalized spacial score (nSPS) is 31.1. The first-order valence-corrected chi connectivity index (χ1v) is 9.14. The van der Waals surface area contributed by atoms with Crippen molar-refractivity contribution < 1.29 is 38.1 Å². The Morgan fingerprint density at radius 2 is 1.57 bits per heavy atom. The fraction of sp³-hybridized carbons (Fsp3) is 0.550. The molecule has 0 unspecified atom stereocenters. The van der Waals surface area contributed by atoms with Crippen LogP contribution in [0.2, 0.25) is 0 Å². The van der Waals surface area contributed by atoms with Crippen LogP contribution in [0, 0.1) is 0 Å². The minimum atomic E-state index is -1.14. The van der Waals surface area contributed by atoms with Crippen LogP contribution in [-0.4, -0.2) is 48.1 Å². The summed E-state index contributed by atoms with van der Waals surface area (Å²) in [5, 5.41) is 0. The maximum absolute atomic E-state index is 11.6. The molecule has 2 aliphatic rings. The van der Waals surface area contributed by atoms with Gasteiger partial charge in [0.25, 0.3) is 0 Å². The predicted molar refractivity (Wildman–Crippen MR) is 94.7 cm³/mol. The van der Waals surface area contributed by atoms with Gasteiger partial charge >= 0.3 is 17.9 Å². The molecule has 0 radical (unpaired) electrons. The van der Waals surface area contributed by atoms with Crippen molar-refractivity contribution in [2.24, 2.45) is 0 Å². The van der Waals surface area contributed by atoms with Gasteiger partial charge < -0.3 is 23.7 Å². The summed E-state index contributed by atoms with van der Waals surface area (Å²) in [6.45, 7) is 4.17. The van der Waals surface area contributed by atoms with Crippen molar-refractivity contribution >= 4 is 17.9 Å². The smallest absolute Gasteiger partial charge is 0.305 e. The summed E-state index contributed by atoms with van der Waals surface area (Å²) in [6, 6.07) is 9.74. The summed E-state index contributed by atoms with van der Waals surface area (Å²) < 4.78 is 27.7. The van der Waals surface area contributed by atoms with E-state index in [2.05, 4.69) is 0 Å². The van der Waals surface area contributed by atoms with Crippen LogP contribution < -0.4 is 0 Å². The summed E-state index contributed by atoms with van der Waals surface area (Å²) in [6.07, 6.45) is -2.32. The van der Waals surface area contributed by atoms with Gasteiger partial charge in [0.2, 0.25) is 12.4 Å². The number of carbonyl (C=O) groups is 3. The molecule has 0 aromatic heterocycles. The fourth-order valence-corrected chi connectivity index (χ4v) is 3.67. The first-order valence-electron chi connectivity index (χ1n) is 9.14. The lowest BCUT2D eigenvalue weighted by atomic mass is 9.73. The zero-order chi connectivity index (χ0) is 20.3. The Balaban J connectivity index is 1.70. The second-order valence-electron chi connectivity index (χ2n) is 7.09. The molecule has 1 saturated carbocycles. The molecule has 1 aliphatic carbocycles. The zero-order valence-electron chi connectivity index (χ0n) is 16.1. The average Bonchev–Trinajstić information content (AvgIpc) is 2.85. The number of esters is 3. The minimum absolute atomic E-state index is 0.118. The fourth-order valence-electron chi connectivity index (χ4n) is 3.67. The molecule has 28 heavy (non-hydrogen) atoms. The molecule has 8 heteroatoms. The van der Waals surface area contributed by atoms with Crippen molar-refractivity contribution in [3.05, 3.63) is 35.9 Å². The summed E-state index contributed by atoms with van der Waals surface area (Å²) in [5.41, 5.74) is 0.121. The molecule has 1 heterocycles. The summed E-state index contributed by atoms with van der Waals surface area (Å²) >= 11 is 0. The quantitative estimate of drug-likeness (QED) is 0.535. The van der Waals surface area contributed by atoms with Crippen LogP contribution in [0.1, 0.15) is 39.2 Å². The summed E-state index contributed by atoms with van der Waals surface area (Å²) in [4.78, 5) is 34.6. The molecule has 152 valence electrons. The Labute approximate surface area is 163 Å². The molecule has 1 aromatic rings. The number of benzene rings is 1. The first-order chi connectivity index (χ1) is 13.3. The molecule has 8 nitrogen and oxygen atoms in total. The zero-order valence-corrected chi connectivity index (χ0v) is 16.1. The van der Waals surface area contributed by atoms with Crippen LogP contribution >= 0.6 is 0 Å². The molecule has 1 saturated heterocycles. The monoisotopic (exact) mass is 392 g/mol. The largest absolute Gasteiger partial charge is 0.455 e. The average molecular weight is 392 g/mol. The highest BCUT2D eigenvalue weighted by Gasteiger charge is 2.66. The van der Waals surface area contributed by atoms with E-state index in [1.165, 1.54) is 20.8 Å². The first kappa shape index (κ1) is 20.3. The van der Waals surface area contributed by atoms with Crippen LogP contribution in [0.25, 0.3) is 0 Å². The standard InChI is InChI=1S/C20H24O8/c1-12(21)25-17-18(26-13(2)22)20(28-19(17)27-14(3)23)9-16(10-20)24-11-15-7-5-4-6-8-15/h4-8,16-19H,9-11H2,1-3H3/t16-,17-,18+,19-,20+/m1/s1. The van der Waals surface area contributed by atoms with Crippen molar-refractivity contribution in [3.63, 3.8) is 0 Å². The third-order valence-corrected chi connectivity index (χ3v) is 4.79. The van der Waals surface area contributed by atoms with Gasteiger partial charge in [-0.3, -0.25) is 14.4 Å². The number of ether oxygens (including phenoxy) is 5. The molecule has 0 bridgehead atoms. The van der Waals surface area contributed by atoms with Crippen molar-refractivity contribution in [3.8, 4) is 0 Å². The Bertz CT molecular complexity index is 725. The highest BCUT2D eigenvalue weighted by atomic mass is 16.8. The summed E-state index contributed by atoms with van der Waals surface area (Å²) in [7, 11) is 0. The van der Waals surface area contributed by atoms with E-state index in [1.807, 2.05) is 30.3 Å². The summed E-state index contributed by atoms with van der Waals surface area (Å²) in [5.74, 6) is -1.71. The highest BCUT2D eigenvalue weighted by Crippen LogP contribution is 2.50. The lowest BCUT2D eigenvalue weighted by molar-refractivity contribution is -0.239. The van der Waals surface area contributed by atoms with Gasteiger partial charge in [0, 0.05) is 33.6 Å². The molecule has 3 atom stereocenters. The molecule has 1 aromatic carbocycles. The van der Waals surface area contributed by atoms with Crippen molar-refractivity contribution in [1.82, 2.24) is 0 Å². The topological polar surface area (TPSA) is 97.4 Å². The van der Waals surface area contributed by atoms with Crippen molar-refractivity contribution in [1.29, 1.82) is 0 Å². The van der Waals surface area contributed by atoms with E-state index >= 15 is 0 Å². The molecule has 0 N–H and O–H groups in total. The Kier molecular flexibility index (Phi) is 6.00. The van der Waals surface area contributed by atoms with Crippen LogP contribution in [-0.2, 0) is 44.7 Å². The van der Waals surface area contributed by atoms with Gasteiger partial charge in [0.1, 0.15) is 5.60 Å². The van der Waals surface area contributed by atoms with Gasteiger partial charge in [-0.1, -0.05) is 30.3 Å². The van der Waals surface area contributed by atoms with Crippen LogP contribution in [0.5, 0.6) is 0 Å². The highest BCUT2D eigenvalue weighted by molar-refractivity contribution is 5.68. The van der Waals surface area contributed by atoms with E-state index < -0.39 is 42.0 Å². The third kappa shape index (κ3) is 4.51. The SMILES string of the molecule is CC(=O)O[C@@H]1O[C@]2(C[C@@H](OCc3ccccc3)C2)[C@@H](OC(C)=O)[C@H]1OC(C)=O. The Morgan fingerprint density at radius 1 is 0.964 bits per heavy atom. The predicted octanol–water partition coefficient (Wildman–Crippen LogP) is 1.89. The van der Waals surface area contributed by atoms with E-state index in [-0.39, 0.29) is 6.10 Å². The lowest BCUT2D eigenvalue weighted by Gasteiger charge is -2.46. The lowest BCUT2D eigenvalue weighted by Crippen LogP contribution is -2.57. The van der Waals surface area contributed by atoms with E-state index in [9.17, 15) is 14.4 Å². The van der Waals surface area contributed by atoms with Gasteiger partial charge in [0.15, 0.2) is 6.10 Å². The Hall–Kier alpha value is -2.45. The molecule has 3 rings (SSSR count). The second-order valence-corrected chi connectivity index (χ2v) is 7.09. The van der Waals surface area contributed by atoms with Gasteiger partial charge in [-0.2, -0.15) is 0 Å². The number of hydrogen-bond acceptors (Lipinski definition) is 8. The third-order valence-electron chi connectivity index (χ3n) is 4.79. The number of rotatable bonds is 6.